The topological polar surface area (TPSA) is 75.7 Å². The Labute approximate surface area is 202 Å². The minimum atomic E-state index is -3.59. The molecule has 10 heteroatoms. The SMILES string of the molecule is CS(=O)(=O)N[C@H]1C2CC(C2)N(C(=O)[C@H]2CCCO2)[C@H]1Cc1cccc(-c2cc(F)cc(F)c2)c1F. The lowest BCUT2D eigenvalue weighted by Gasteiger charge is -2.58. The van der Waals surface area contributed by atoms with Crippen molar-refractivity contribution in [1.29, 1.82) is 0 Å². The molecule has 0 aromatic heterocycles. The summed E-state index contributed by atoms with van der Waals surface area (Å²) in [7, 11) is -3.59. The highest BCUT2D eigenvalue weighted by Gasteiger charge is 2.54. The van der Waals surface area contributed by atoms with Gasteiger partial charge in [0.25, 0.3) is 5.91 Å². The van der Waals surface area contributed by atoms with Gasteiger partial charge in [-0.1, -0.05) is 18.2 Å². The first-order valence-corrected chi connectivity index (χ1v) is 13.6. The molecule has 1 N–H and O–H groups in total. The molecule has 2 aromatic rings. The first-order valence-electron chi connectivity index (χ1n) is 11.8. The van der Waals surface area contributed by atoms with E-state index in [2.05, 4.69) is 4.72 Å². The summed E-state index contributed by atoms with van der Waals surface area (Å²) in [5.74, 6) is -2.44. The van der Waals surface area contributed by atoms with Crippen molar-refractivity contribution in [2.45, 2.75) is 56.3 Å². The van der Waals surface area contributed by atoms with Crippen molar-refractivity contribution in [3.63, 3.8) is 0 Å². The molecule has 1 saturated carbocycles. The number of rotatable bonds is 6. The molecule has 2 aromatic carbocycles. The minimum Gasteiger partial charge on any atom is -0.368 e. The van der Waals surface area contributed by atoms with E-state index in [4.69, 9.17) is 4.74 Å². The summed E-state index contributed by atoms with van der Waals surface area (Å²) in [4.78, 5) is 15.1. The van der Waals surface area contributed by atoms with E-state index < -0.39 is 45.7 Å². The van der Waals surface area contributed by atoms with Crippen molar-refractivity contribution in [3.05, 3.63) is 59.4 Å². The number of carbonyl (C=O) groups excluding carboxylic acids is 1. The third-order valence-electron chi connectivity index (χ3n) is 7.31. The Hall–Kier alpha value is -2.43. The molecule has 6 rings (SSSR count). The largest absolute Gasteiger partial charge is 0.368 e. The number of hydrogen-bond acceptors (Lipinski definition) is 4. The number of nitrogens with zero attached hydrogens (tertiary/aromatic N) is 1. The number of hydrogen-bond donors (Lipinski definition) is 1. The van der Waals surface area contributed by atoms with E-state index >= 15 is 4.39 Å². The van der Waals surface area contributed by atoms with Crippen LogP contribution in [0.3, 0.4) is 0 Å². The number of sulfonamides is 1. The standard InChI is InChI=1S/C25H27F3N2O4S/c1-35(32,33)29-24-16-10-19(11-16)30(25(31)22-6-3-7-34-22)21(24)12-14-4-2-5-20(23(14)28)15-8-17(26)13-18(27)9-15/h2,4-5,8-9,13,16,19,21-22,24,29H,3,6-7,10-12H2,1H3/t16?,19?,21-,22+,24-/m0/s1. The Kier molecular flexibility index (Phi) is 6.39. The van der Waals surface area contributed by atoms with E-state index in [1.165, 1.54) is 6.07 Å². The summed E-state index contributed by atoms with van der Waals surface area (Å²) in [5, 5.41) is 0. The van der Waals surface area contributed by atoms with Gasteiger partial charge in [0.2, 0.25) is 10.0 Å². The lowest BCUT2D eigenvalue weighted by molar-refractivity contribution is -0.159. The van der Waals surface area contributed by atoms with E-state index in [1.807, 2.05) is 0 Å². The zero-order valence-corrected chi connectivity index (χ0v) is 20.0. The summed E-state index contributed by atoms with van der Waals surface area (Å²) in [6, 6.07) is 6.17. The third kappa shape index (κ3) is 4.83. The maximum Gasteiger partial charge on any atom is 0.252 e. The van der Waals surface area contributed by atoms with Gasteiger partial charge >= 0.3 is 0 Å². The van der Waals surface area contributed by atoms with Crippen LogP contribution < -0.4 is 4.72 Å². The van der Waals surface area contributed by atoms with Crippen LogP contribution in [-0.2, 0) is 26.0 Å². The molecule has 6 nitrogen and oxygen atoms in total. The van der Waals surface area contributed by atoms with Crippen LogP contribution in [0.5, 0.6) is 0 Å². The predicted molar refractivity (Wildman–Crippen MR) is 123 cm³/mol. The van der Waals surface area contributed by atoms with E-state index in [1.54, 1.807) is 17.0 Å². The zero-order chi connectivity index (χ0) is 24.9. The van der Waals surface area contributed by atoms with Crippen LogP contribution in [0.25, 0.3) is 11.1 Å². The molecule has 4 fully saturated rings. The second-order valence-corrected chi connectivity index (χ2v) is 11.5. The maximum atomic E-state index is 15.7. The normalized spacial score (nSPS) is 28.1. The molecule has 2 bridgehead atoms. The highest BCUT2D eigenvalue weighted by molar-refractivity contribution is 7.88. The van der Waals surface area contributed by atoms with Crippen LogP contribution in [0.2, 0.25) is 0 Å². The van der Waals surface area contributed by atoms with Crippen molar-refractivity contribution < 1.29 is 31.1 Å². The summed E-state index contributed by atoms with van der Waals surface area (Å²) >= 11 is 0. The Morgan fingerprint density at radius 2 is 1.86 bits per heavy atom. The van der Waals surface area contributed by atoms with Gasteiger partial charge in [0.15, 0.2) is 0 Å². The van der Waals surface area contributed by atoms with Crippen molar-refractivity contribution in [1.82, 2.24) is 9.62 Å². The second-order valence-electron chi connectivity index (χ2n) is 9.76. The Bertz CT molecular complexity index is 1220. The van der Waals surface area contributed by atoms with Gasteiger partial charge in [-0.15, -0.1) is 0 Å². The summed E-state index contributed by atoms with van der Waals surface area (Å²) in [6.07, 6.45) is 3.25. The monoisotopic (exact) mass is 508 g/mol. The van der Waals surface area contributed by atoms with E-state index in [-0.39, 0.29) is 41.0 Å². The summed E-state index contributed by atoms with van der Waals surface area (Å²) in [5.41, 5.74) is 0.335. The zero-order valence-electron chi connectivity index (χ0n) is 19.2. The van der Waals surface area contributed by atoms with Crippen LogP contribution >= 0.6 is 0 Å². The fourth-order valence-electron chi connectivity index (χ4n) is 5.73. The fraction of sp³-hybridized carbons (Fsp3) is 0.480. The van der Waals surface area contributed by atoms with Crippen molar-refractivity contribution in [3.8, 4) is 11.1 Å². The molecule has 0 radical (unpaired) electrons. The van der Waals surface area contributed by atoms with Crippen molar-refractivity contribution in [2.24, 2.45) is 5.92 Å². The summed E-state index contributed by atoms with van der Waals surface area (Å²) in [6.45, 7) is 0.494. The molecule has 0 unspecified atom stereocenters. The number of ether oxygens (including phenoxy) is 1. The van der Waals surface area contributed by atoms with Crippen LogP contribution in [0.1, 0.15) is 31.2 Å². The molecule has 1 aliphatic carbocycles. The van der Waals surface area contributed by atoms with Crippen LogP contribution in [0, 0.1) is 23.4 Å². The van der Waals surface area contributed by atoms with Crippen LogP contribution in [0.4, 0.5) is 13.2 Å². The Morgan fingerprint density at radius 1 is 1.14 bits per heavy atom. The van der Waals surface area contributed by atoms with Gasteiger partial charge in [-0.3, -0.25) is 4.79 Å². The molecule has 0 spiro atoms. The maximum absolute atomic E-state index is 15.7. The molecular formula is C25H27F3N2O4S. The summed E-state index contributed by atoms with van der Waals surface area (Å²) < 4.78 is 75.9. The van der Waals surface area contributed by atoms with E-state index in [9.17, 15) is 22.0 Å². The molecule has 3 atom stereocenters. The second kappa shape index (κ2) is 9.22. The van der Waals surface area contributed by atoms with Gasteiger partial charge in [0.05, 0.1) is 12.3 Å². The molecule has 3 saturated heterocycles. The molecular weight excluding hydrogens is 481 g/mol. The lowest BCUT2D eigenvalue weighted by atomic mass is 9.66. The van der Waals surface area contributed by atoms with Gasteiger partial charge in [-0.25, -0.2) is 26.3 Å². The van der Waals surface area contributed by atoms with Gasteiger partial charge < -0.3 is 9.64 Å². The average Bonchev–Trinajstić information content (AvgIpc) is 3.27. The molecule has 188 valence electrons. The van der Waals surface area contributed by atoms with Gasteiger partial charge in [-0.05, 0) is 61.3 Å². The lowest BCUT2D eigenvalue weighted by Crippen LogP contribution is -2.71. The molecule has 1 amide bonds. The smallest absolute Gasteiger partial charge is 0.252 e. The first kappa shape index (κ1) is 24.3. The van der Waals surface area contributed by atoms with E-state index in [0.717, 1.165) is 30.9 Å². The highest BCUT2D eigenvalue weighted by Crippen LogP contribution is 2.45. The van der Waals surface area contributed by atoms with Crippen LogP contribution in [0.15, 0.2) is 36.4 Å². The number of benzene rings is 2. The quantitative estimate of drug-likeness (QED) is 0.649. The number of nitrogens with one attached hydrogen (secondary N) is 1. The van der Waals surface area contributed by atoms with E-state index in [0.29, 0.717) is 25.9 Å². The number of halogens is 3. The van der Waals surface area contributed by atoms with Gasteiger partial charge in [0, 0.05) is 30.3 Å². The first-order chi connectivity index (χ1) is 16.6. The number of amides is 1. The fourth-order valence-corrected chi connectivity index (χ4v) is 6.58. The predicted octanol–water partition coefficient (Wildman–Crippen LogP) is 3.40. The minimum absolute atomic E-state index is 0.0338. The Morgan fingerprint density at radius 3 is 2.49 bits per heavy atom. The molecule has 3 aliphatic heterocycles. The van der Waals surface area contributed by atoms with Crippen molar-refractivity contribution >= 4 is 15.9 Å². The average molecular weight is 509 g/mol. The number of carbonyl (C=O) groups is 1. The molecule has 35 heavy (non-hydrogen) atoms. The van der Waals surface area contributed by atoms with Gasteiger partial charge in [-0.2, -0.15) is 0 Å². The molecule has 4 aliphatic rings. The number of fused-ring (bicyclic) bond motifs is 2. The van der Waals surface area contributed by atoms with Crippen LogP contribution in [-0.4, -0.2) is 56.3 Å². The van der Waals surface area contributed by atoms with Crippen molar-refractivity contribution in [2.75, 3.05) is 12.9 Å². The number of piperidine rings is 2. The third-order valence-corrected chi connectivity index (χ3v) is 8.01. The molecule has 3 heterocycles. The Balaban J connectivity index is 1.51. The van der Waals surface area contributed by atoms with Gasteiger partial charge in [0.1, 0.15) is 23.6 Å². The highest BCUT2D eigenvalue weighted by atomic mass is 32.2.